The van der Waals surface area contributed by atoms with Crippen LogP contribution in [-0.2, 0) is 19.2 Å². The molecule has 0 aliphatic carbocycles. The van der Waals surface area contributed by atoms with Gasteiger partial charge < -0.3 is 21.3 Å². The lowest BCUT2D eigenvalue weighted by atomic mass is 10.3. The van der Waals surface area contributed by atoms with E-state index in [1.807, 2.05) is 6.92 Å². The highest BCUT2D eigenvalue weighted by Gasteiger charge is 2.09. The van der Waals surface area contributed by atoms with E-state index in [2.05, 4.69) is 21.3 Å². The lowest BCUT2D eigenvalue weighted by Crippen LogP contribution is -2.35. The molecule has 0 aromatic rings. The highest BCUT2D eigenvalue weighted by Crippen LogP contribution is 1.85. The largest absolute Gasteiger partial charge is 0.359 e. The molecule has 0 radical (unpaired) electrons. The number of hydrogen-bond acceptors (Lipinski definition) is 4. The molecule has 0 aliphatic heterocycles. The zero-order valence-electron chi connectivity index (χ0n) is 12.6. The molecule has 0 rings (SSSR count). The standard InChI is InChI=1S/C13H24N4O4/c1-3-6-15-11(19)5-8-17-13(21)9-12(20)16-7-4-10(18)14-2/h3-9H2,1-2H3,(H,14,18)(H,15,19)(H,16,20)(H,17,21). The fourth-order valence-electron chi connectivity index (χ4n) is 1.38. The van der Waals surface area contributed by atoms with Crippen molar-refractivity contribution in [3.05, 3.63) is 0 Å². The Kier molecular flexibility index (Phi) is 10.5. The lowest BCUT2D eigenvalue weighted by Gasteiger charge is -2.07. The van der Waals surface area contributed by atoms with Crippen LogP contribution in [0.4, 0.5) is 0 Å². The fourth-order valence-corrected chi connectivity index (χ4v) is 1.38. The van der Waals surface area contributed by atoms with Crippen LogP contribution in [0.2, 0.25) is 0 Å². The molecule has 0 aromatic carbocycles. The Morgan fingerprint density at radius 3 is 1.67 bits per heavy atom. The van der Waals surface area contributed by atoms with Crippen molar-refractivity contribution in [3.8, 4) is 0 Å². The van der Waals surface area contributed by atoms with Crippen molar-refractivity contribution in [1.82, 2.24) is 21.3 Å². The van der Waals surface area contributed by atoms with E-state index in [1.165, 1.54) is 7.05 Å². The van der Waals surface area contributed by atoms with Crippen LogP contribution in [0.1, 0.15) is 32.6 Å². The SMILES string of the molecule is CCCNC(=O)CCNC(=O)CC(=O)NCCC(=O)NC. The van der Waals surface area contributed by atoms with Gasteiger partial charge >= 0.3 is 0 Å². The van der Waals surface area contributed by atoms with Gasteiger partial charge in [-0.25, -0.2) is 0 Å². The molecular formula is C13H24N4O4. The predicted octanol–water partition coefficient (Wildman–Crippen LogP) is -1.34. The zero-order chi connectivity index (χ0) is 16.1. The molecule has 0 aliphatic rings. The number of amides is 4. The highest BCUT2D eigenvalue weighted by molar-refractivity contribution is 5.97. The second-order valence-electron chi connectivity index (χ2n) is 4.40. The van der Waals surface area contributed by atoms with E-state index in [4.69, 9.17) is 0 Å². The van der Waals surface area contributed by atoms with Gasteiger partial charge in [0.15, 0.2) is 0 Å². The Bertz CT molecular complexity index is 371. The molecule has 0 saturated heterocycles. The molecule has 8 nitrogen and oxygen atoms in total. The summed E-state index contributed by atoms with van der Waals surface area (Å²) in [6.45, 7) is 2.94. The third-order valence-corrected chi connectivity index (χ3v) is 2.52. The van der Waals surface area contributed by atoms with Gasteiger partial charge in [0.25, 0.3) is 0 Å². The third-order valence-electron chi connectivity index (χ3n) is 2.52. The van der Waals surface area contributed by atoms with Crippen molar-refractivity contribution in [2.45, 2.75) is 32.6 Å². The van der Waals surface area contributed by atoms with Gasteiger partial charge in [0, 0.05) is 39.5 Å². The summed E-state index contributed by atoms with van der Waals surface area (Å²) in [7, 11) is 1.51. The maximum atomic E-state index is 11.4. The Labute approximate surface area is 124 Å². The van der Waals surface area contributed by atoms with E-state index in [9.17, 15) is 19.2 Å². The molecule has 21 heavy (non-hydrogen) atoms. The van der Waals surface area contributed by atoms with Gasteiger partial charge in [0.1, 0.15) is 6.42 Å². The van der Waals surface area contributed by atoms with E-state index in [-0.39, 0.29) is 44.2 Å². The van der Waals surface area contributed by atoms with Crippen LogP contribution in [0.25, 0.3) is 0 Å². The lowest BCUT2D eigenvalue weighted by molar-refractivity contribution is -0.129. The van der Waals surface area contributed by atoms with Crippen molar-refractivity contribution in [3.63, 3.8) is 0 Å². The molecule has 0 bridgehead atoms. The summed E-state index contributed by atoms with van der Waals surface area (Å²) in [4.78, 5) is 45.0. The van der Waals surface area contributed by atoms with Crippen LogP contribution in [-0.4, -0.2) is 50.3 Å². The molecule has 0 fully saturated rings. The quantitative estimate of drug-likeness (QED) is 0.374. The second kappa shape index (κ2) is 11.7. The van der Waals surface area contributed by atoms with E-state index >= 15 is 0 Å². The number of carbonyl (C=O) groups is 4. The molecule has 0 spiro atoms. The molecule has 0 heterocycles. The van der Waals surface area contributed by atoms with Gasteiger partial charge in [-0.1, -0.05) is 6.92 Å². The highest BCUT2D eigenvalue weighted by atomic mass is 16.2. The molecule has 4 N–H and O–H groups in total. The summed E-state index contributed by atoms with van der Waals surface area (Å²) in [5.41, 5.74) is 0. The molecular weight excluding hydrogens is 276 g/mol. The van der Waals surface area contributed by atoms with Crippen LogP contribution >= 0.6 is 0 Å². The van der Waals surface area contributed by atoms with Gasteiger partial charge in [-0.2, -0.15) is 0 Å². The Balaban J connectivity index is 3.66. The fraction of sp³-hybridized carbons (Fsp3) is 0.692. The minimum Gasteiger partial charge on any atom is -0.359 e. The summed E-state index contributed by atoms with van der Waals surface area (Å²) < 4.78 is 0. The summed E-state index contributed by atoms with van der Waals surface area (Å²) in [5.74, 6) is -1.22. The number of hydrogen-bond donors (Lipinski definition) is 4. The van der Waals surface area contributed by atoms with Crippen LogP contribution in [0.5, 0.6) is 0 Å². The van der Waals surface area contributed by atoms with Crippen molar-refractivity contribution in [1.29, 1.82) is 0 Å². The van der Waals surface area contributed by atoms with Gasteiger partial charge in [-0.05, 0) is 6.42 Å². The van der Waals surface area contributed by atoms with Gasteiger partial charge in [0.05, 0.1) is 0 Å². The molecule has 120 valence electrons. The first kappa shape index (κ1) is 18.9. The second-order valence-corrected chi connectivity index (χ2v) is 4.40. The average molecular weight is 300 g/mol. The van der Waals surface area contributed by atoms with E-state index in [0.717, 1.165) is 6.42 Å². The summed E-state index contributed by atoms with van der Waals surface area (Å²) in [6, 6.07) is 0. The first-order valence-corrected chi connectivity index (χ1v) is 7.00. The Hall–Kier alpha value is -2.12. The van der Waals surface area contributed by atoms with Crippen molar-refractivity contribution >= 4 is 23.6 Å². The monoisotopic (exact) mass is 300 g/mol. The number of carbonyl (C=O) groups excluding carboxylic acids is 4. The average Bonchev–Trinajstić information content (AvgIpc) is 2.44. The molecule has 0 saturated carbocycles. The molecule has 8 heteroatoms. The topological polar surface area (TPSA) is 116 Å². The van der Waals surface area contributed by atoms with E-state index < -0.39 is 11.8 Å². The van der Waals surface area contributed by atoms with Crippen LogP contribution in [0.15, 0.2) is 0 Å². The van der Waals surface area contributed by atoms with Crippen LogP contribution in [0, 0.1) is 0 Å². The molecule has 4 amide bonds. The van der Waals surface area contributed by atoms with Crippen LogP contribution in [0.3, 0.4) is 0 Å². The maximum absolute atomic E-state index is 11.4. The minimum absolute atomic E-state index is 0.132. The van der Waals surface area contributed by atoms with Crippen molar-refractivity contribution in [2.24, 2.45) is 0 Å². The van der Waals surface area contributed by atoms with Crippen molar-refractivity contribution < 1.29 is 19.2 Å². The zero-order valence-corrected chi connectivity index (χ0v) is 12.6. The first-order valence-electron chi connectivity index (χ1n) is 7.00. The Morgan fingerprint density at radius 2 is 1.19 bits per heavy atom. The van der Waals surface area contributed by atoms with Crippen molar-refractivity contribution in [2.75, 3.05) is 26.7 Å². The summed E-state index contributed by atoms with van der Waals surface area (Å²) in [5, 5.41) is 10.1. The Morgan fingerprint density at radius 1 is 0.714 bits per heavy atom. The predicted molar refractivity (Wildman–Crippen MR) is 77.2 cm³/mol. The summed E-state index contributed by atoms with van der Waals surface area (Å²) in [6.07, 6.45) is 0.893. The molecule has 0 aromatic heterocycles. The number of rotatable bonds is 10. The van der Waals surface area contributed by atoms with Gasteiger partial charge in [0.2, 0.25) is 23.6 Å². The van der Waals surface area contributed by atoms with Gasteiger partial charge in [-0.15, -0.1) is 0 Å². The number of nitrogens with one attached hydrogen (secondary N) is 4. The summed E-state index contributed by atoms with van der Waals surface area (Å²) >= 11 is 0. The molecule has 0 unspecified atom stereocenters. The van der Waals surface area contributed by atoms with E-state index in [0.29, 0.717) is 6.54 Å². The smallest absolute Gasteiger partial charge is 0.229 e. The maximum Gasteiger partial charge on any atom is 0.229 e. The van der Waals surface area contributed by atoms with E-state index in [1.54, 1.807) is 0 Å². The first-order chi connectivity index (χ1) is 9.99. The minimum atomic E-state index is -0.452. The third kappa shape index (κ3) is 11.4. The molecule has 0 atom stereocenters. The van der Waals surface area contributed by atoms with Gasteiger partial charge in [-0.3, -0.25) is 19.2 Å². The van der Waals surface area contributed by atoms with Crippen LogP contribution < -0.4 is 21.3 Å². The normalized spacial score (nSPS) is 9.62.